The lowest BCUT2D eigenvalue weighted by atomic mass is 9.99. The fraction of sp³-hybridized carbons (Fsp3) is 0.462. The summed E-state index contributed by atoms with van der Waals surface area (Å²) in [5, 5.41) is 15.7. The maximum Gasteiger partial charge on any atom is 0.410 e. The quantitative estimate of drug-likeness (QED) is 0.0360. The number of ether oxygens (including phenoxy) is 1. The van der Waals surface area contributed by atoms with Crippen LogP contribution >= 0.6 is 22.7 Å². The molecule has 2 unspecified atom stereocenters. The largest absolute Gasteiger partial charge is 0.444 e. The van der Waals surface area contributed by atoms with Gasteiger partial charge in [0.2, 0.25) is 0 Å². The van der Waals surface area contributed by atoms with E-state index < -0.39 is 5.60 Å². The van der Waals surface area contributed by atoms with E-state index in [9.17, 15) is 24.0 Å². The topological polar surface area (TPSA) is 198 Å². The van der Waals surface area contributed by atoms with Crippen molar-refractivity contribution in [3.8, 4) is 22.5 Å². The van der Waals surface area contributed by atoms with E-state index in [1.54, 1.807) is 27.6 Å². The lowest BCUT2D eigenvalue weighted by molar-refractivity contribution is -0.111. The SMILES string of the molecule is CCN(CC)CCCC(=O)c1c(C)[nH]c(/C=C2\C(=O)Nc3ccc(-c4csc(C5CCN(C(=O)OC(C)(C)C)C5)n4)cc32)c1C.CCN(CC)CCCC(=O)c1c(C)[nH]c(/C=C2\C(=O)Nc3ccc(-c4csc(C5CCNC5)n4)cc32)c1C. The molecule has 5 N–H and O–H groups in total. The summed E-state index contributed by atoms with van der Waals surface area (Å²) < 4.78 is 5.55. The molecule has 6 aromatic rings. The van der Waals surface area contributed by atoms with E-state index in [0.29, 0.717) is 43.0 Å². The molecule has 4 aliphatic heterocycles. The van der Waals surface area contributed by atoms with Gasteiger partial charge in [0.05, 0.1) is 32.5 Å². The molecule has 4 aromatic heterocycles. The minimum Gasteiger partial charge on any atom is -0.444 e. The third-order valence-electron chi connectivity index (χ3n) is 16.5. The summed E-state index contributed by atoms with van der Waals surface area (Å²) in [5.74, 6) is 0.628. The van der Waals surface area contributed by atoms with Gasteiger partial charge in [-0.05, 0) is 168 Å². The molecule has 0 aliphatic carbocycles. The molecule has 2 saturated heterocycles. The van der Waals surface area contributed by atoms with Gasteiger partial charge < -0.3 is 45.4 Å². The normalized spacial score (nSPS) is 17.6. The Kier molecular flexibility index (Phi) is 19.3. The number of benzene rings is 2. The number of hydrogen-bond acceptors (Lipinski definition) is 13. The molecule has 0 spiro atoms. The Morgan fingerprint density at radius 1 is 0.687 bits per heavy atom. The highest BCUT2D eigenvalue weighted by atomic mass is 32.1. The van der Waals surface area contributed by atoms with Crippen LogP contribution in [0.15, 0.2) is 47.2 Å². The van der Waals surface area contributed by atoms with E-state index in [4.69, 9.17) is 14.7 Å². The smallest absolute Gasteiger partial charge is 0.410 e. The van der Waals surface area contributed by atoms with Crippen molar-refractivity contribution in [2.45, 2.75) is 132 Å². The molecule has 16 nitrogen and oxygen atoms in total. The highest BCUT2D eigenvalue weighted by Gasteiger charge is 2.33. The molecule has 8 heterocycles. The molecule has 440 valence electrons. The first-order valence-electron chi connectivity index (χ1n) is 29.6. The van der Waals surface area contributed by atoms with Crippen molar-refractivity contribution in [1.82, 2.24) is 40.0 Å². The molecule has 18 heteroatoms. The Bertz CT molecular complexity index is 3450. The van der Waals surface area contributed by atoms with Gasteiger partial charge in [0.1, 0.15) is 5.60 Å². The number of carbonyl (C=O) groups excluding carboxylic acids is 5. The number of H-pyrrole nitrogens is 2. The average Bonchev–Trinajstić information content (AvgIpc) is 4.52. The summed E-state index contributed by atoms with van der Waals surface area (Å²) in [5.41, 5.74) is 14.1. The second-order valence-corrected chi connectivity index (χ2v) is 25.0. The fourth-order valence-electron chi connectivity index (χ4n) is 11.7. The van der Waals surface area contributed by atoms with E-state index in [0.717, 1.165) is 173 Å². The van der Waals surface area contributed by atoms with Crippen molar-refractivity contribution in [1.29, 1.82) is 0 Å². The van der Waals surface area contributed by atoms with Gasteiger partial charge in [-0.15, -0.1) is 22.7 Å². The van der Waals surface area contributed by atoms with Crippen LogP contribution in [0.1, 0.15) is 175 Å². The van der Waals surface area contributed by atoms with Gasteiger partial charge in [0.25, 0.3) is 11.8 Å². The monoisotopic (exact) mass is 1160 g/mol. The number of rotatable bonds is 20. The fourth-order valence-corrected chi connectivity index (χ4v) is 13.7. The predicted molar refractivity (Wildman–Crippen MR) is 337 cm³/mol. The molecule has 2 atom stereocenters. The summed E-state index contributed by atoms with van der Waals surface area (Å²) in [6, 6.07) is 11.9. The number of amides is 3. The molecular weight excluding hydrogens is 1080 g/mol. The van der Waals surface area contributed by atoms with Crippen LogP contribution in [-0.4, -0.2) is 135 Å². The number of aromatic nitrogens is 4. The van der Waals surface area contributed by atoms with Crippen molar-refractivity contribution in [3.05, 3.63) is 113 Å². The summed E-state index contributed by atoms with van der Waals surface area (Å²) in [7, 11) is 0. The highest BCUT2D eigenvalue weighted by Crippen LogP contribution is 2.41. The van der Waals surface area contributed by atoms with E-state index >= 15 is 0 Å². The number of nitrogens with zero attached hydrogens (tertiary/aromatic N) is 5. The molecule has 2 fully saturated rings. The van der Waals surface area contributed by atoms with Crippen LogP contribution in [0.3, 0.4) is 0 Å². The van der Waals surface area contributed by atoms with Crippen LogP contribution in [0, 0.1) is 27.7 Å². The lowest BCUT2D eigenvalue weighted by Crippen LogP contribution is -2.35. The van der Waals surface area contributed by atoms with Crippen molar-refractivity contribution >= 4 is 86.8 Å². The van der Waals surface area contributed by atoms with Crippen LogP contribution in [0.25, 0.3) is 45.8 Å². The van der Waals surface area contributed by atoms with Gasteiger partial charge >= 0.3 is 6.09 Å². The van der Waals surface area contributed by atoms with Crippen molar-refractivity contribution in [2.75, 3.05) is 76.1 Å². The van der Waals surface area contributed by atoms with E-state index in [1.807, 2.05) is 96.3 Å². The zero-order chi connectivity index (χ0) is 59.3. The summed E-state index contributed by atoms with van der Waals surface area (Å²) in [6.45, 7) is 31.0. The average molecular weight is 1160 g/mol. The number of Topliss-reactive ketones (excluding diaryl/α,β-unsaturated/α-hetero) is 2. The van der Waals surface area contributed by atoms with Crippen LogP contribution in [-0.2, 0) is 14.3 Å². The van der Waals surface area contributed by atoms with Crippen molar-refractivity contribution in [3.63, 3.8) is 0 Å². The number of thiazole rings is 2. The Morgan fingerprint density at radius 3 is 1.59 bits per heavy atom. The molecule has 3 amide bonds. The summed E-state index contributed by atoms with van der Waals surface area (Å²) in [4.78, 5) is 88.0. The number of ketones is 2. The van der Waals surface area contributed by atoms with E-state index in [1.165, 1.54) is 5.01 Å². The first-order valence-corrected chi connectivity index (χ1v) is 31.4. The Labute approximate surface area is 497 Å². The molecule has 0 bridgehead atoms. The maximum absolute atomic E-state index is 13.2. The Morgan fingerprint density at radius 2 is 1.16 bits per heavy atom. The van der Waals surface area contributed by atoms with Crippen LogP contribution in [0.2, 0.25) is 0 Å². The van der Waals surface area contributed by atoms with Crippen LogP contribution < -0.4 is 16.0 Å². The molecule has 0 radical (unpaired) electrons. The lowest BCUT2D eigenvalue weighted by Gasteiger charge is -2.24. The van der Waals surface area contributed by atoms with Gasteiger partial charge in [0.15, 0.2) is 11.6 Å². The number of hydrogen-bond donors (Lipinski definition) is 5. The zero-order valence-corrected chi connectivity index (χ0v) is 51.9. The number of anilines is 2. The van der Waals surface area contributed by atoms with Crippen LogP contribution in [0.5, 0.6) is 0 Å². The first-order chi connectivity index (χ1) is 39.8. The van der Waals surface area contributed by atoms with Gasteiger partial charge in [-0.25, -0.2) is 14.8 Å². The second-order valence-electron chi connectivity index (χ2n) is 23.2. The molecule has 0 saturated carbocycles. The number of carbonyl (C=O) groups is 5. The third kappa shape index (κ3) is 13.9. The number of likely N-dealkylation sites (tertiary alicyclic amines) is 1. The molecule has 2 aromatic carbocycles. The molecule has 10 rings (SSSR count). The number of aromatic amines is 2. The number of aryl methyl sites for hydroxylation is 2. The zero-order valence-electron chi connectivity index (χ0n) is 50.2. The van der Waals surface area contributed by atoms with E-state index in [2.05, 4.69) is 74.9 Å². The highest BCUT2D eigenvalue weighted by molar-refractivity contribution is 7.10. The molecule has 4 aliphatic rings. The first kappa shape index (κ1) is 60.8. The molecule has 83 heavy (non-hydrogen) atoms. The third-order valence-corrected chi connectivity index (χ3v) is 18.5. The molecular formula is C65H82N10O6S2. The van der Waals surface area contributed by atoms with Gasteiger partial charge in [-0.2, -0.15) is 0 Å². The number of nitrogens with one attached hydrogen (secondary N) is 5. The predicted octanol–water partition coefficient (Wildman–Crippen LogP) is 12.9. The minimum atomic E-state index is -0.524. The van der Waals surface area contributed by atoms with Crippen LogP contribution in [0.4, 0.5) is 16.2 Å². The number of fused-ring (bicyclic) bond motifs is 2. The van der Waals surface area contributed by atoms with Gasteiger partial charge in [0, 0.05) is 123 Å². The van der Waals surface area contributed by atoms with Crippen molar-refractivity contribution < 1.29 is 28.7 Å². The van der Waals surface area contributed by atoms with E-state index in [-0.39, 0.29) is 35.4 Å². The van der Waals surface area contributed by atoms with Gasteiger partial charge in [-0.1, -0.05) is 39.8 Å². The van der Waals surface area contributed by atoms with Crippen molar-refractivity contribution in [2.24, 2.45) is 0 Å². The summed E-state index contributed by atoms with van der Waals surface area (Å²) >= 11 is 3.31. The second kappa shape index (κ2) is 26.4. The Hall–Kier alpha value is -6.83. The Balaban J connectivity index is 0.000000202. The maximum atomic E-state index is 13.2. The standard InChI is InChI=1S/C35H45N5O4S.C30H37N5O2S/c1-8-39(9-2)15-10-11-30(41)31-21(3)28(36-22(31)4)18-26-25-17-23(12-13-27(25)37-32(26)42)29-20-45-33(38-29)24-14-16-40(19-24)34(43)44-35(5,6)7;1-5-35(6-2)13-7-8-27(36)28-18(3)25(32-19(28)4)15-23-22-14-20(9-10-24(22)33-29(23)37)26-17-38-30(34-26)21-11-12-31-16-21/h12-13,17-18,20,24,36H,8-11,14-16,19H2,1-7H3,(H,37,42);9-10,14-15,17,21,31-32H,5-8,11-13,16H2,1-4H3,(H,33,37)/b26-18-;23-15-. The summed E-state index contributed by atoms with van der Waals surface area (Å²) in [6.07, 6.45) is 8.10. The van der Waals surface area contributed by atoms with Gasteiger partial charge in [-0.3, -0.25) is 19.2 Å². The minimum absolute atomic E-state index is 0.132.